The van der Waals surface area contributed by atoms with Crippen LogP contribution in [0.5, 0.6) is 0 Å². The van der Waals surface area contributed by atoms with Crippen molar-refractivity contribution < 1.29 is 27.1 Å². The molecular formula is C16H16NO5S+. The topological polar surface area (TPSA) is 92.4 Å². The standard InChI is InChI=1S/C16H15NO5S/c1-11(18)10-17-9-4-3-7-14(17)13-6-5-8-15(23(20,21)22)16(13)12(2)19/h3-9H,10H2,1-2H3/p+1. The van der Waals surface area contributed by atoms with Crippen LogP contribution < -0.4 is 4.57 Å². The fourth-order valence-corrected chi connectivity index (χ4v) is 3.18. The van der Waals surface area contributed by atoms with Crippen LogP contribution in [-0.4, -0.2) is 24.5 Å². The normalized spacial score (nSPS) is 11.3. The first-order chi connectivity index (χ1) is 10.7. The Hall–Kier alpha value is -2.38. The van der Waals surface area contributed by atoms with Crippen LogP contribution in [0.3, 0.4) is 0 Å². The average molecular weight is 334 g/mol. The van der Waals surface area contributed by atoms with Gasteiger partial charge in [-0.25, -0.2) is 0 Å². The Kier molecular flexibility index (Phi) is 4.72. The minimum atomic E-state index is -4.54. The molecule has 2 aromatic rings. The van der Waals surface area contributed by atoms with Crippen LogP contribution in [0.25, 0.3) is 11.3 Å². The van der Waals surface area contributed by atoms with E-state index in [4.69, 9.17) is 0 Å². The number of Topliss-reactive ketones (excluding diaryl/α,β-unsaturated/α-hetero) is 2. The zero-order chi connectivity index (χ0) is 17.2. The molecule has 0 aliphatic carbocycles. The second kappa shape index (κ2) is 6.39. The molecule has 7 heteroatoms. The third-order valence-electron chi connectivity index (χ3n) is 3.27. The molecule has 6 nitrogen and oxygen atoms in total. The van der Waals surface area contributed by atoms with E-state index in [1.807, 2.05) is 0 Å². The number of rotatable bonds is 5. The first-order valence-electron chi connectivity index (χ1n) is 6.81. The molecule has 1 heterocycles. The molecule has 120 valence electrons. The maximum absolute atomic E-state index is 12.0. The molecule has 0 fully saturated rings. The van der Waals surface area contributed by atoms with Crippen molar-refractivity contribution in [1.82, 2.24) is 0 Å². The quantitative estimate of drug-likeness (QED) is 0.510. The highest BCUT2D eigenvalue weighted by atomic mass is 32.2. The molecule has 0 aliphatic rings. The monoisotopic (exact) mass is 334 g/mol. The highest BCUT2D eigenvalue weighted by Crippen LogP contribution is 2.27. The zero-order valence-corrected chi connectivity index (χ0v) is 13.5. The second-order valence-electron chi connectivity index (χ2n) is 5.13. The maximum atomic E-state index is 12.0. The number of nitrogens with zero attached hydrogens (tertiary/aromatic N) is 1. The van der Waals surface area contributed by atoms with Crippen molar-refractivity contribution in [2.75, 3.05) is 0 Å². The van der Waals surface area contributed by atoms with Gasteiger partial charge in [0.1, 0.15) is 4.90 Å². The Balaban J connectivity index is 2.80. The summed E-state index contributed by atoms with van der Waals surface area (Å²) in [7, 11) is -4.54. The van der Waals surface area contributed by atoms with Crippen LogP contribution in [0, 0.1) is 0 Å². The van der Waals surface area contributed by atoms with Gasteiger partial charge in [0.15, 0.2) is 17.8 Å². The van der Waals surface area contributed by atoms with E-state index in [-0.39, 0.29) is 17.9 Å². The van der Waals surface area contributed by atoms with Crippen LogP contribution >= 0.6 is 0 Å². The highest BCUT2D eigenvalue weighted by Gasteiger charge is 2.26. The van der Waals surface area contributed by atoms with Crippen molar-refractivity contribution in [3.8, 4) is 11.3 Å². The van der Waals surface area contributed by atoms with E-state index < -0.39 is 20.8 Å². The van der Waals surface area contributed by atoms with Gasteiger partial charge >= 0.3 is 0 Å². The Labute approximate surface area is 134 Å². The van der Waals surface area contributed by atoms with Gasteiger partial charge in [0.25, 0.3) is 10.1 Å². The molecular weight excluding hydrogens is 318 g/mol. The predicted molar refractivity (Wildman–Crippen MR) is 82.6 cm³/mol. The number of pyridine rings is 1. The molecule has 1 aromatic heterocycles. The van der Waals surface area contributed by atoms with Gasteiger partial charge in [0.2, 0.25) is 12.2 Å². The second-order valence-corrected chi connectivity index (χ2v) is 6.52. The van der Waals surface area contributed by atoms with E-state index in [0.717, 1.165) is 0 Å². The Morgan fingerprint density at radius 3 is 2.35 bits per heavy atom. The molecule has 0 spiro atoms. The molecule has 0 saturated carbocycles. The van der Waals surface area contributed by atoms with E-state index in [2.05, 4.69) is 0 Å². The summed E-state index contributed by atoms with van der Waals surface area (Å²) in [6.07, 6.45) is 1.67. The lowest BCUT2D eigenvalue weighted by atomic mass is 10.0. The van der Waals surface area contributed by atoms with Gasteiger partial charge in [-0.1, -0.05) is 6.07 Å². The fraction of sp³-hybridized carbons (Fsp3) is 0.188. The van der Waals surface area contributed by atoms with Crippen LogP contribution in [0.4, 0.5) is 0 Å². The van der Waals surface area contributed by atoms with Crippen molar-refractivity contribution in [2.24, 2.45) is 0 Å². The molecule has 1 aromatic carbocycles. The van der Waals surface area contributed by atoms with E-state index >= 15 is 0 Å². The third kappa shape index (κ3) is 3.69. The Morgan fingerprint density at radius 2 is 1.78 bits per heavy atom. The number of aromatic nitrogens is 1. The number of hydrogen-bond donors (Lipinski definition) is 1. The summed E-state index contributed by atoms with van der Waals surface area (Å²) in [6.45, 7) is 2.75. The van der Waals surface area contributed by atoms with Gasteiger partial charge in [-0.2, -0.15) is 13.0 Å². The zero-order valence-electron chi connectivity index (χ0n) is 12.7. The summed E-state index contributed by atoms with van der Waals surface area (Å²) < 4.78 is 34.1. The molecule has 0 aliphatic heterocycles. The van der Waals surface area contributed by atoms with Crippen LogP contribution in [0.1, 0.15) is 24.2 Å². The van der Waals surface area contributed by atoms with Crippen molar-refractivity contribution in [1.29, 1.82) is 0 Å². The van der Waals surface area contributed by atoms with Crippen molar-refractivity contribution in [3.63, 3.8) is 0 Å². The maximum Gasteiger partial charge on any atom is 0.295 e. The number of hydrogen-bond acceptors (Lipinski definition) is 4. The molecule has 23 heavy (non-hydrogen) atoms. The van der Waals surface area contributed by atoms with Crippen LogP contribution in [0.2, 0.25) is 0 Å². The predicted octanol–water partition coefficient (Wildman–Crippen LogP) is 1.68. The first-order valence-corrected chi connectivity index (χ1v) is 8.25. The highest BCUT2D eigenvalue weighted by molar-refractivity contribution is 7.86. The van der Waals surface area contributed by atoms with Crippen LogP contribution in [0.15, 0.2) is 47.5 Å². The molecule has 0 amide bonds. The lowest BCUT2D eigenvalue weighted by Gasteiger charge is -2.10. The molecule has 2 rings (SSSR count). The summed E-state index contributed by atoms with van der Waals surface area (Å²) >= 11 is 0. The van der Waals surface area contributed by atoms with Gasteiger partial charge in [0, 0.05) is 19.1 Å². The van der Waals surface area contributed by atoms with Gasteiger partial charge < -0.3 is 0 Å². The minimum Gasteiger partial charge on any atom is -0.294 e. The average Bonchev–Trinajstić information content (AvgIpc) is 2.45. The van der Waals surface area contributed by atoms with Crippen molar-refractivity contribution >= 4 is 21.7 Å². The van der Waals surface area contributed by atoms with E-state index in [9.17, 15) is 22.6 Å². The van der Waals surface area contributed by atoms with Gasteiger partial charge in [-0.05, 0) is 25.1 Å². The number of ketones is 2. The van der Waals surface area contributed by atoms with Crippen LogP contribution in [-0.2, 0) is 21.5 Å². The number of benzene rings is 1. The molecule has 0 bridgehead atoms. The SMILES string of the molecule is CC(=O)C[n+]1ccccc1-c1cccc(S(=O)(=O)O)c1C(C)=O. The lowest BCUT2D eigenvalue weighted by Crippen LogP contribution is -2.39. The van der Waals surface area contributed by atoms with Crippen molar-refractivity contribution in [3.05, 3.63) is 48.2 Å². The Morgan fingerprint density at radius 1 is 1.09 bits per heavy atom. The van der Waals surface area contributed by atoms with Gasteiger partial charge in [0.05, 0.1) is 11.1 Å². The largest absolute Gasteiger partial charge is 0.295 e. The first kappa shape index (κ1) is 17.0. The molecule has 0 atom stereocenters. The van der Waals surface area contributed by atoms with E-state index in [0.29, 0.717) is 11.3 Å². The summed E-state index contributed by atoms with van der Waals surface area (Å²) in [5.74, 6) is -0.579. The summed E-state index contributed by atoms with van der Waals surface area (Å²) in [5, 5.41) is 0. The minimum absolute atomic E-state index is 0.0854. The summed E-state index contributed by atoms with van der Waals surface area (Å²) in [6, 6.07) is 9.32. The van der Waals surface area contributed by atoms with Gasteiger partial charge in [-0.15, -0.1) is 0 Å². The van der Waals surface area contributed by atoms with E-state index in [1.54, 1.807) is 35.0 Å². The number of carbonyl (C=O) groups excluding carboxylic acids is 2. The van der Waals surface area contributed by atoms with Crippen molar-refractivity contribution in [2.45, 2.75) is 25.3 Å². The summed E-state index contributed by atoms with van der Waals surface area (Å²) in [4.78, 5) is 23.0. The Bertz CT molecular complexity index is 887. The number of carbonyl (C=O) groups is 2. The lowest BCUT2D eigenvalue weighted by molar-refractivity contribution is -0.673. The van der Waals surface area contributed by atoms with E-state index in [1.165, 1.54) is 26.0 Å². The molecule has 0 unspecified atom stereocenters. The molecule has 0 saturated heterocycles. The molecule has 0 radical (unpaired) electrons. The fourth-order valence-electron chi connectivity index (χ4n) is 2.42. The summed E-state index contributed by atoms with van der Waals surface area (Å²) in [5.41, 5.74) is 0.756. The van der Waals surface area contributed by atoms with Gasteiger partial charge in [-0.3, -0.25) is 14.1 Å². The smallest absolute Gasteiger partial charge is 0.294 e. The third-order valence-corrected chi connectivity index (χ3v) is 4.16. The molecule has 1 N–H and O–H groups in total.